The van der Waals surface area contributed by atoms with E-state index in [0.717, 1.165) is 30.7 Å². The zero-order valence-corrected chi connectivity index (χ0v) is 18.2. The van der Waals surface area contributed by atoms with Crippen molar-refractivity contribution in [2.75, 3.05) is 18.0 Å². The van der Waals surface area contributed by atoms with E-state index in [1.54, 1.807) is 0 Å². The van der Waals surface area contributed by atoms with Gasteiger partial charge in [-0.05, 0) is 72.5 Å². The number of hydrogen-bond acceptors (Lipinski definition) is 5. The Bertz CT molecular complexity index is 713. The van der Waals surface area contributed by atoms with Gasteiger partial charge < -0.3 is 24.3 Å². The zero-order valence-electron chi connectivity index (χ0n) is 18.2. The Balaban J connectivity index is 1.63. The fraction of sp³-hybridized carbons (Fsp3) is 0.667. The van der Waals surface area contributed by atoms with E-state index >= 15 is 0 Å². The van der Waals surface area contributed by atoms with Gasteiger partial charge in [-0.25, -0.2) is 4.79 Å². The zero-order chi connectivity index (χ0) is 20.7. The lowest BCUT2D eigenvalue weighted by Crippen LogP contribution is -2.41. The summed E-state index contributed by atoms with van der Waals surface area (Å²) in [4.78, 5) is 14.3. The average molecular weight is 388 g/mol. The molecule has 2 saturated heterocycles. The van der Waals surface area contributed by atoms with Crippen molar-refractivity contribution in [1.82, 2.24) is 5.32 Å². The molecule has 0 aromatic heterocycles. The summed E-state index contributed by atoms with van der Waals surface area (Å²) in [5, 5.41) is 2.97. The quantitative estimate of drug-likeness (QED) is 0.807. The van der Waals surface area contributed by atoms with Crippen LogP contribution >= 0.6 is 0 Å². The van der Waals surface area contributed by atoms with Crippen LogP contribution in [0.1, 0.15) is 54.9 Å². The number of benzene rings is 1. The van der Waals surface area contributed by atoms with Gasteiger partial charge in [0.2, 0.25) is 0 Å². The van der Waals surface area contributed by atoms with Crippen molar-refractivity contribution < 1.29 is 18.8 Å². The molecule has 0 radical (unpaired) electrons. The number of anilines is 1. The molecule has 2 heterocycles. The predicted molar refractivity (Wildman–Crippen MR) is 112 cm³/mol. The number of hydrogen-bond donors (Lipinski definition) is 1. The molecular weight excluding hydrogens is 355 g/mol. The molecule has 0 saturated carbocycles. The van der Waals surface area contributed by atoms with Crippen LogP contribution in [0.2, 0.25) is 0 Å². The monoisotopic (exact) mass is 388 g/mol. The van der Waals surface area contributed by atoms with Crippen molar-refractivity contribution in [3.63, 3.8) is 0 Å². The lowest BCUT2D eigenvalue weighted by Gasteiger charge is -2.32. The van der Waals surface area contributed by atoms with Gasteiger partial charge in [-0.15, -0.1) is 0 Å². The third-order valence-corrected chi connectivity index (χ3v) is 5.67. The molecule has 0 bridgehead atoms. The third kappa shape index (κ3) is 4.63. The molecule has 0 aliphatic carbocycles. The summed E-state index contributed by atoms with van der Waals surface area (Å²) in [7, 11) is -0.372. The van der Waals surface area contributed by atoms with E-state index in [0.29, 0.717) is 0 Å². The number of ether oxygens (including phenoxy) is 1. The van der Waals surface area contributed by atoms with E-state index in [1.807, 2.05) is 32.9 Å². The Labute approximate surface area is 169 Å². The summed E-state index contributed by atoms with van der Waals surface area (Å²) >= 11 is 0. The first-order chi connectivity index (χ1) is 12.9. The Hall–Kier alpha value is -1.73. The van der Waals surface area contributed by atoms with E-state index in [4.69, 9.17) is 14.0 Å². The van der Waals surface area contributed by atoms with Gasteiger partial charge in [0.05, 0.1) is 17.2 Å². The molecule has 1 unspecified atom stereocenters. The lowest BCUT2D eigenvalue weighted by atomic mass is 9.79. The third-order valence-electron chi connectivity index (χ3n) is 5.67. The molecule has 1 atom stereocenters. The highest BCUT2D eigenvalue weighted by atomic mass is 16.7. The maximum Gasteiger partial charge on any atom is 0.494 e. The van der Waals surface area contributed by atoms with E-state index in [-0.39, 0.29) is 30.5 Å². The van der Waals surface area contributed by atoms with Crippen LogP contribution < -0.4 is 15.7 Å². The molecule has 2 aliphatic heterocycles. The fourth-order valence-electron chi connectivity index (χ4n) is 3.43. The van der Waals surface area contributed by atoms with Gasteiger partial charge in [-0.2, -0.15) is 0 Å². The number of nitrogens with one attached hydrogen (secondary N) is 1. The smallest absolute Gasteiger partial charge is 0.444 e. The molecule has 0 spiro atoms. The number of carbonyl (C=O) groups excluding carboxylic acids is 1. The van der Waals surface area contributed by atoms with Crippen molar-refractivity contribution >= 4 is 24.4 Å². The summed E-state index contributed by atoms with van der Waals surface area (Å²) in [5.74, 6) is 0. The second-order valence-corrected chi connectivity index (χ2v) is 9.76. The van der Waals surface area contributed by atoms with Gasteiger partial charge in [0.25, 0.3) is 0 Å². The van der Waals surface area contributed by atoms with Gasteiger partial charge >= 0.3 is 13.2 Å². The molecule has 28 heavy (non-hydrogen) atoms. The number of rotatable bonds is 3. The standard InChI is InChI=1S/C21H33BN2O4/c1-19(2,3)26-18(25)23-16-11-12-24(14-16)17-10-8-9-15(13-17)22-27-20(4,5)21(6,7)28-22/h8-10,13,16H,11-12,14H2,1-7H3,(H,23,25). The molecule has 154 valence electrons. The predicted octanol–water partition coefficient (Wildman–Crippen LogP) is 3.09. The molecule has 1 aromatic rings. The Morgan fingerprint density at radius 3 is 2.46 bits per heavy atom. The Kier molecular flexibility index (Phi) is 5.45. The van der Waals surface area contributed by atoms with Crippen LogP contribution in [0.5, 0.6) is 0 Å². The second kappa shape index (κ2) is 7.27. The molecule has 1 amide bonds. The minimum absolute atomic E-state index is 0.0790. The molecular formula is C21H33BN2O4. The van der Waals surface area contributed by atoms with Gasteiger partial charge in [-0.1, -0.05) is 12.1 Å². The van der Waals surface area contributed by atoms with Crippen molar-refractivity contribution in [2.24, 2.45) is 0 Å². The van der Waals surface area contributed by atoms with Crippen molar-refractivity contribution in [2.45, 2.75) is 77.7 Å². The van der Waals surface area contributed by atoms with Crippen LogP contribution in [-0.2, 0) is 14.0 Å². The summed E-state index contributed by atoms with van der Waals surface area (Å²) in [6.45, 7) is 15.5. The van der Waals surface area contributed by atoms with Gasteiger partial charge in [-0.3, -0.25) is 0 Å². The largest absolute Gasteiger partial charge is 0.494 e. The van der Waals surface area contributed by atoms with E-state index in [2.05, 4.69) is 50.0 Å². The highest BCUT2D eigenvalue weighted by Crippen LogP contribution is 2.36. The normalized spacial score (nSPS) is 23.8. The van der Waals surface area contributed by atoms with Gasteiger partial charge in [0.1, 0.15) is 5.60 Å². The highest BCUT2D eigenvalue weighted by molar-refractivity contribution is 6.62. The SMILES string of the molecule is CC(C)(C)OC(=O)NC1CCN(c2cccc(B3OC(C)(C)C(C)(C)O3)c2)C1. The number of carbonyl (C=O) groups is 1. The minimum Gasteiger partial charge on any atom is -0.444 e. The Morgan fingerprint density at radius 2 is 1.86 bits per heavy atom. The minimum atomic E-state index is -0.487. The Morgan fingerprint density at radius 1 is 1.21 bits per heavy atom. The molecule has 2 fully saturated rings. The average Bonchev–Trinajstić information content (AvgIpc) is 3.08. The second-order valence-electron chi connectivity index (χ2n) is 9.76. The molecule has 7 heteroatoms. The van der Waals surface area contributed by atoms with Crippen LogP contribution in [0.25, 0.3) is 0 Å². The maximum absolute atomic E-state index is 12.0. The van der Waals surface area contributed by atoms with E-state index in [1.165, 1.54) is 0 Å². The maximum atomic E-state index is 12.0. The van der Waals surface area contributed by atoms with Crippen LogP contribution in [0.15, 0.2) is 24.3 Å². The molecule has 1 aromatic carbocycles. The van der Waals surface area contributed by atoms with Gasteiger partial charge in [0.15, 0.2) is 0 Å². The summed E-state index contributed by atoms with van der Waals surface area (Å²) in [6, 6.07) is 8.36. The molecule has 2 aliphatic rings. The number of alkyl carbamates (subject to hydrolysis) is 1. The van der Waals surface area contributed by atoms with E-state index in [9.17, 15) is 4.79 Å². The fourth-order valence-corrected chi connectivity index (χ4v) is 3.43. The van der Waals surface area contributed by atoms with Gasteiger partial charge in [0, 0.05) is 18.8 Å². The van der Waals surface area contributed by atoms with Crippen LogP contribution in [0.3, 0.4) is 0 Å². The summed E-state index contributed by atoms with van der Waals surface area (Å²) in [5.41, 5.74) is 0.924. The highest BCUT2D eigenvalue weighted by Gasteiger charge is 2.51. The van der Waals surface area contributed by atoms with Crippen LogP contribution in [-0.4, -0.2) is 49.1 Å². The molecule has 1 N–H and O–H groups in total. The topological polar surface area (TPSA) is 60.0 Å². The van der Waals surface area contributed by atoms with Crippen LogP contribution in [0.4, 0.5) is 10.5 Å². The number of amides is 1. The summed E-state index contributed by atoms with van der Waals surface area (Å²) in [6.07, 6.45) is 0.533. The van der Waals surface area contributed by atoms with Crippen molar-refractivity contribution in [1.29, 1.82) is 0 Å². The summed E-state index contributed by atoms with van der Waals surface area (Å²) < 4.78 is 17.7. The lowest BCUT2D eigenvalue weighted by molar-refractivity contribution is 0.00578. The first-order valence-corrected chi connectivity index (χ1v) is 10.1. The van der Waals surface area contributed by atoms with Crippen molar-refractivity contribution in [3.8, 4) is 0 Å². The molecule has 6 nitrogen and oxygen atoms in total. The first-order valence-electron chi connectivity index (χ1n) is 10.1. The first kappa shape index (κ1) is 21.0. The molecule has 3 rings (SSSR count). The van der Waals surface area contributed by atoms with E-state index < -0.39 is 5.60 Å². The number of nitrogens with zero attached hydrogens (tertiary/aromatic N) is 1. The van der Waals surface area contributed by atoms with Crippen molar-refractivity contribution in [3.05, 3.63) is 24.3 Å². The van der Waals surface area contributed by atoms with Crippen LogP contribution in [0, 0.1) is 0 Å².